The van der Waals surface area contributed by atoms with E-state index in [9.17, 15) is 14.3 Å². The number of hydrogen-bond donors (Lipinski definition) is 2. The molecule has 1 heterocycles. The fraction of sp³-hybridized carbons (Fsp3) is 0.438. The van der Waals surface area contributed by atoms with Crippen LogP contribution >= 0.6 is 0 Å². The Hall–Kier alpha value is -1.88. The van der Waals surface area contributed by atoms with Gasteiger partial charge in [-0.1, -0.05) is 18.6 Å². The minimum Gasteiger partial charge on any atom is -0.448 e. The summed E-state index contributed by atoms with van der Waals surface area (Å²) in [7, 11) is 0. The Kier molecular flexibility index (Phi) is 3.68. The number of aliphatic hydroxyl groups excluding tert-OH is 1. The molecule has 0 aliphatic heterocycles. The third-order valence-electron chi connectivity index (χ3n) is 4.33. The number of aryl methyl sites for hydroxylation is 1. The summed E-state index contributed by atoms with van der Waals surface area (Å²) >= 11 is 0. The van der Waals surface area contributed by atoms with Crippen LogP contribution in [0.15, 0.2) is 22.6 Å². The number of para-hydroxylation sites is 1. The molecule has 0 radical (unpaired) electrons. The number of fused-ring (bicyclic) bond motifs is 1. The van der Waals surface area contributed by atoms with Crippen molar-refractivity contribution >= 4 is 16.9 Å². The number of amides is 1. The maximum Gasteiger partial charge on any atom is 0.287 e. The van der Waals surface area contributed by atoms with Crippen molar-refractivity contribution in [2.45, 2.75) is 32.2 Å². The zero-order chi connectivity index (χ0) is 15.0. The van der Waals surface area contributed by atoms with E-state index >= 15 is 0 Å². The summed E-state index contributed by atoms with van der Waals surface area (Å²) < 4.78 is 19.1. The van der Waals surface area contributed by atoms with Crippen LogP contribution in [0.5, 0.6) is 0 Å². The lowest BCUT2D eigenvalue weighted by Crippen LogP contribution is -2.38. The van der Waals surface area contributed by atoms with Gasteiger partial charge < -0.3 is 14.8 Å². The molecule has 2 unspecified atom stereocenters. The number of rotatable bonds is 3. The van der Waals surface area contributed by atoms with Crippen molar-refractivity contribution in [2.24, 2.45) is 5.92 Å². The topological polar surface area (TPSA) is 62.5 Å². The van der Waals surface area contributed by atoms with Crippen LogP contribution in [0.3, 0.4) is 0 Å². The maximum atomic E-state index is 13.7. The number of halogens is 1. The van der Waals surface area contributed by atoms with E-state index in [1.54, 1.807) is 19.1 Å². The lowest BCUT2D eigenvalue weighted by Gasteiger charge is -2.18. The fourth-order valence-electron chi connectivity index (χ4n) is 3.10. The SMILES string of the molecule is Cc1c(C(=O)NC2CCCC2CO)oc2c(F)cccc12. The molecular formula is C16H18FNO3. The Labute approximate surface area is 121 Å². The summed E-state index contributed by atoms with van der Waals surface area (Å²) in [5.74, 6) is -0.564. The number of furan rings is 1. The largest absolute Gasteiger partial charge is 0.448 e. The Balaban J connectivity index is 1.88. The first-order valence-electron chi connectivity index (χ1n) is 7.21. The highest BCUT2D eigenvalue weighted by Gasteiger charge is 2.30. The Bertz CT molecular complexity index is 679. The van der Waals surface area contributed by atoms with Gasteiger partial charge in [0.15, 0.2) is 17.2 Å². The van der Waals surface area contributed by atoms with E-state index in [-0.39, 0.29) is 35.8 Å². The Morgan fingerprint density at radius 2 is 2.29 bits per heavy atom. The number of hydrogen-bond acceptors (Lipinski definition) is 3. The molecule has 112 valence electrons. The molecule has 0 saturated heterocycles. The number of nitrogens with one attached hydrogen (secondary N) is 1. The molecule has 1 aliphatic rings. The summed E-state index contributed by atoms with van der Waals surface area (Å²) in [6, 6.07) is 4.60. The van der Waals surface area contributed by atoms with Gasteiger partial charge in [0.25, 0.3) is 5.91 Å². The molecule has 0 spiro atoms. The fourth-order valence-corrected chi connectivity index (χ4v) is 3.10. The molecule has 2 N–H and O–H groups in total. The van der Waals surface area contributed by atoms with Gasteiger partial charge in [-0.3, -0.25) is 4.79 Å². The minimum atomic E-state index is -0.469. The van der Waals surface area contributed by atoms with Crippen LogP contribution in [0.4, 0.5) is 4.39 Å². The Morgan fingerprint density at radius 1 is 1.48 bits per heavy atom. The monoisotopic (exact) mass is 291 g/mol. The predicted molar refractivity (Wildman–Crippen MR) is 76.6 cm³/mol. The number of aliphatic hydroxyl groups is 1. The summed E-state index contributed by atoms with van der Waals surface area (Å²) in [4.78, 5) is 12.4. The van der Waals surface area contributed by atoms with E-state index in [4.69, 9.17) is 4.42 Å². The lowest BCUT2D eigenvalue weighted by atomic mass is 10.0. The molecule has 5 heteroatoms. The molecule has 1 fully saturated rings. The average molecular weight is 291 g/mol. The molecule has 1 aromatic carbocycles. The smallest absolute Gasteiger partial charge is 0.287 e. The third kappa shape index (κ3) is 2.42. The molecule has 3 rings (SSSR count). The minimum absolute atomic E-state index is 0.0417. The quantitative estimate of drug-likeness (QED) is 0.914. The van der Waals surface area contributed by atoms with E-state index in [0.29, 0.717) is 10.9 Å². The molecule has 2 aromatic rings. The van der Waals surface area contributed by atoms with Crippen LogP contribution in [0.1, 0.15) is 35.4 Å². The summed E-state index contributed by atoms with van der Waals surface area (Å²) in [6.07, 6.45) is 2.75. The van der Waals surface area contributed by atoms with Gasteiger partial charge in [-0.05, 0) is 25.8 Å². The van der Waals surface area contributed by atoms with Crippen LogP contribution in [0, 0.1) is 18.7 Å². The Morgan fingerprint density at radius 3 is 3.00 bits per heavy atom. The first-order chi connectivity index (χ1) is 10.1. The van der Waals surface area contributed by atoms with Crippen molar-refractivity contribution < 1.29 is 18.7 Å². The average Bonchev–Trinajstić information content (AvgIpc) is 3.05. The molecule has 4 nitrogen and oxygen atoms in total. The van der Waals surface area contributed by atoms with Gasteiger partial charge in [0.05, 0.1) is 0 Å². The highest BCUT2D eigenvalue weighted by atomic mass is 19.1. The molecule has 21 heavy (non-hydrogen) atoms. The molecular weight excluding hydrogens is 273 g/mol. The normalized spacial score (nSPS) is 21.9. The van der Waals surface area contributed by atoms with Crippen LogP contribution in [-0.2, 0) is 0 Å². The van der Waals surface area contributed by atoms with E-state index in [1.165, 1.54) is 6.07 Å². The highest BCUT2D eigenvalue weighted by Crippen LogP contribution is 2.29. The molecule has 1 aliphatic carbocycles. The zero-order valence-electron chi connectivity index (χ0n) is 11.9. The number of carbonyl (C=O) groups is 1. The predicted octanol–water partition coefficient (Wildman–Crippen LogP) is 2.77. The third-order valence-corrected chi connectivity index (χ3v) is 4.33. The van der Waals surface area contributed by atoms with Crippen LogP contribution < -0.4 is 5.32 Å². The van der Waals surface area contributed by atoms with Crippen LogP contribution in [-0.4, -0.2) is 23.7 Å². The van der Waals surface area contributed by atoms with Crippen molar-refractivity contribution in [3.63, 3.8) is 0 Å². The van der Waals surface area contributed by atoms with E-state index in [0.717, 1.165) is 19.3 Å². The van der Waals surface area contributed by atoms with Crippen LogP contribution in [0.25, 0.3) is 11.0 Å². The maximum absolute atomic E-state index is 13.7. The van der Waals surface area contributed by atoms with Gasteiger partial charge in [0, 0.05) is 29.5 Å². The highest BCUT2D eigenvalue weighted by molar-refractivity contribution is 5.99. The van der Waals surface area contributed by atoms with E-state index < -0.39 is 5.82 Å². The molecule has 1 amide bonds. The van der Waals surface area contributed by atoms with Crippen molar-refractivity contribution in [3.05, 3.63) is 35.3 Å². The van der Waals surface area contributed by atoms with Gasteiger partial charge in [-0.25, -0.2) is 4.39 Å². The number of carbonyl (C=O) groups excluding carboxylic acids is 1. The van der Waals surface area contributed by atoms with Gasteiger partial charge in [0.2, 0.25) is 0 Å². The van der Waals surface area contributed by atoms with E-state index in [1.807, 2.05) is 0 Å². The molecule has 1 aromatic heterocycles. The first-order valence-corrected chi connectivity index (χ1v) is 7.21. The van der Waals surface area contributed by atoms with Gasteiger partial charge in [-0.15, -0.1) is 0 Å². The van der Waals surface area contributed by atoms with Crippen LogP contribution in [0.2, 0.25) is 0 Å². The van der Waals surface area contributed by atoms with Gasteiger partial charge in [0.1, 0.15) is 0 Å². The molecule has 2 atom stereocenters. The van der Waals surface area contributed by atoms with Gasteiger partial charge >= 0.3 is 0 Å². The second kappa shape index (κ2) is 5.48. The second-order valence-corrected chi connectivity index (χ2v) is 5.63. The van der Waals surface area contributed by atoms with Crippen molar-refractivity contribution in [2.75, 3.05) is 6.61 Å². The standard InChI is InChI=1S/C16H18FNO3/c1-9-11-5-3-6-12(17)15(11)21-14(9)16(20)18-13-7-2-4-10(13)8-19/h3,5-6,10,13,19H,2,4,7-8H2,1H3,(H,18,20). The van der Waals surface area contributed by atoms with Gasteiger partial charge in [-0.2, -0.15) is 0 Å². The van der Waals surface area contributed by atoms with Crippen molar-refractivity contribution in [1.82, 2.24) is 5.32 Å². The van der Waals surface area contributed by atoms with Crippen molar-refractivity contribution in [1.29, 1.82) is 0 Å². The molecule has 1 saturated carbocycles. The summed E-state index contributed by atoms with van der Waals surface area (Å²) in [5.41, 5.74) is 0.755. The summed E-state index contributed by atoms with van der Waals surface area (Å²) in [5, 5.41) is 12.8. The molecule has 0 bridgehead atoms. The summed E-state index contributed by atoms with van der Waals surface area (Å²) in [6.45, 7) is 1.82. The van der Waals surface area contributed by atoms with E-state index in [2.05, 4.69) is 5.32 Å². The van der Waals surface area contributed by atoms with Crippen molar-refractivity contribution in [3.8, 4) is 0 Å². The first kappa shape index (κ1) is 14.1. The lowest BCUT2D eigenvalue weighted by molar-refractivity contribution is 0.0889. The second-order valence-electron chi connectivity index (χ2n) is 5.63. The zero-order valence-corrected chi connectivity index (χ0v) is 11.9. The number of benzene rings is 1.